The molecule has 1 saturated heterocycles. The summed E-state index contributed by atoms with van der Waals surface area (Å²) in [7, 11) is 2.19. The molecule has 2 aliphatic rings. The first-order chi connectivity index (χ1) is 15.9. The van der Waals surface area contributed by atoms with E-state index in [-0.39, 0.29) is 17.0 Å². The zero-order valence-corrected chi connectivity index (χ0v) is 20.6. The highest BCUT2D eigenvalue weighted by atomic mass is 16.2. The highest BCUT2D eigenvalue weighted by Gasteiger charge is 2.41. The first-order valence-electron chi connectivity index (χ1n) is 12.7. The van der Waals surface area contributed by atoms with Gasteiger partial charge in [0.05, 0.1) is 6.54 Å². The second-order valence-corrected chi connectivity index (χ2v) is 10.6. The Labute approximate surface area is 197 Å². The monoisotopic (exact) mass is 452 g/mol. The van der Waals surface area contributed by atoms with Gasteiger partial charge in [-0.25, -0.2) is 0 Å². The largest absolute Gasteiger partial charge is 0.336 e. The van der Waals surface area contributed by atoms with Crippen LogP contribution in [0.1, 0.15) is 57.9 Å². The maximum absolute atomic E-state index is 13.5. The number of hydrogen-bond acceptors (Lipinski definition) is 4. The van der Waals surface area contributed by atoms with Crippen molar-refractivity contribution >= 4 is 16.8 Å². The minimum Gasteiger partial charge on any atom is -0.336 e. The van der Waals surface area contributed by atoms with Crippen LogP contribution in [-0.2, 0) is 11.3 Å². The number of fused-ring (bicyclic) bond motifs is 1. The summed E-state index contributed by atoms with van der Waals surface area (Å²) in [6.45, 7) is 9.54. The van der Waals surface area contributed by atoms with Crippen molar-refractivity contribution in [2.24, 2.45) is 5.92 Å². The van der Waals surface area contributed by atoms with Crippen molar-refractivity contribution in [3.8, 4) is 0 Å². The number of aromatic amines is 1. The van der Waals surface area contributed by atoms with Crippen LogP contribution >= 0.6 is 0 Å². The maximum atomic E-state index is 13.5. The number of para-hydroxylation sites is 1. The van der Waals surface area contributed by atoms with Crippen LogP contribution in [-0.4, -0.2) is 70.9 Å². The molecule has 1 aromatic heterocycles. The molecule has 1 saturated carbocycles. The van der Waals surface area contributed by atoms with Crippen molar-refractivity contribution in [1.82, 2.24) is 19.7 Å². The number of carbonyl (C=O) groups is 1. The van der Waals surface area contributed by atoms with Gasteiger partial charge in [-0.1, -0.05) is 51.3 Å². The molecule has 6 nitrogen and oxygen atoms in total. The van der Waals surface area contributed by atoms with Gasteiger partial charge in [0.15, 0.2) is 0 Å². The molecule has 1 amide bonds. The zero-order chi connectivity index (χ0) is 23.4. The van der Waals surface area contributed by atoms with Crippen LogP contribution in [0.5, 0.6) is 0 Å². The topological polar surface area (TPSA) is 59.7 Å². The van der Waals surface area contributed by atoms with E-state index in [1.54, 1.807) is 0 Å². The summed E-state index contributed by atoms with van der Waals surface area (Å²) in [5, 5.41) is 1.01. The molecular formula is C27H40N4O2. The Kier molecular flexibility index (Phi) is 7.55. The molecule has 2 heterocycles. The van der Waals surface area contributed by atoms with Crippen LogP contribution in [0.2, 0.25) is 0 Å². The van der Waals surface area contributed by atoms with Gasteiger partial charge in [-0.05, 0) is 43.3 Å². The molecule has 0 bridgehead atoms. The molecule has 2 aromatic rings. The van der Waals surface area contributed by atoms with E-state index in [0.29, 0.717) is 31.0 Å². The molecule has 0 atom stereocenters. The average molecular weight is 453 g/mol. The number of aromatic nitrogens is 1. The summed E-state index contributed by atoms with van der Waals surface area (Å²) < 4.78 is 0. The van der Waals surface area contributed by atoms with Crippen LogP contribution in [0.15, 0.2) is 35.1 Å². The van der Waals surface area contributed by atoms with Gasteiger partial charge in [0.25, 0.3) is 5.56 Å². The lowest BCUT2D eigenvalue weighted by Gasteiger charge is -2.51. The summed E-state index contributed by atoms with van der Waals surface area (Å²) in [6.07, 6.45) is 6.50. The standard InChI is InChI=1S/C27H40N4O2/c1-21(2)17-25(32)30(19-23-18-22-9-5-6-10-24(22)28-26(23)33)20-27(11-7-4-8-12-27)31-15-13-29(3)14-16-31/h5-6,9-10,18,21H,4,7-8,11-17,19-20H2,1-3H3,(H,28,33). The van der Waals surface area contributed by atoms with Crippen molar-refractivity contribution in [1.29, 1.82) is 0 Å². The van der Waals surface area contributed by atoms with E-state index in [9.17, 15) is 9.59 Å². The molecule has 180 valence electrons. The Morgan fingerprint density at radius 2 is 1.79 bits per heavy atom. The van der Waals surface area contributed by atoms with E-state index in [0.717, 1.165) is 49.9 Å². The predicted molar refractivity (Wildman–Crippen MR) is 134 cm³/mol. The van der Waals surface area contributed by atoms with E-state index in [2.05, 4.69) is 35.7 Å². The van der Waals surface area contributed by atoms with E-state index in [1.165, 1.54) is 19.3 Å². The Morgan fingerprint density at radius 3 is 2.48 bits per heavy atom. The predicted octanol–water partition coefficient (Wildman–Crippen LogP) is 3.85. The van der Waals surface area contributed by atoms with Crippen LogP contribution in [0.25, 0.3) is 10.9 Å². The number of nitrogens with zero attached hydrogens (tertiary/aromatic N) is 3. The SMILES string of the molecule is CC(C)CC(=O)N(Cc1cc2ccccc2[nH]c1=O)CC1(N2CCN(C)CC2)CCCCC1. The molecule has 4 rings (SSSR count). The number of carbonyl (C=O) groups excluding carboxylic acids is 1. The van der Waals surface area contributed by atoms with Crippen molar-refractivity contribution in [3.63, 3.8) is 0 Å². The van der Waals surface area contributed by atoms with Crippen LogP contribution in [0.4, 0.5) is 0 Å². The first-order valence-corrected chi connectivity index (χ1v) is 12.7. The van der Waals surface area contributed by atoms with Crippen LogP contribution in [0.3, 0.4) is 0 Å². The molecule has 33 heavy (non-hydrogen) atoms. The first kappa shape index (κ1) is 24.0. The summed E-state index contributed by atoms with van der Waals surface area (Å²) in [4.78, 5) is 36.5. The third-order valence-electron chi connectivity index (χ3n) is 7.57. The molecule has 1 N–H and O–H groups in total. The van der Waals surface area contributed by atoms with Crippen molar-refractivity contribution in [3.05, 3.63) is 46.2 Å². The van der Waals surface area contributed by atoms with Gasteiger partial charge in [-0.3, -0.25) is 14.5 Å². The number of piperazine rings is 1. The summed E-state index contributed by atoms with van der Waals surface area (Å²) in [5.41, 5.74) is 1.45. The quantitative estimate of drug-likeness (QED) is 0.693. The summed E-state index contributed by atoms with van der Waals surface area (Å²) >= 11 is 0. The van der Waals surface area contributed by atoms with Gasteiger partial charge >= 0.3 is 0 Å². The Hall–Kier alpha value is -2.18. The Balaban J connectivity index is 1.64. The molecule has 1 aromatic carbocycles. The van der Waals surface area contributed by atoms with Crippen molar-refractivity contribution in [2.45, 2.75) is 64.5 Å². The number of H-pyrrole nitrogens is 1. The fraction of sp³-hybridized carbons (Fsp3) is 0.630. The minimum absolute atomic E-state index is 0.0236. The van der Waals surface area contributed by atoms with Gasteiger partial charge in [-0.2, -0.15) is 0 Å². The lowest BCUT2D eigenvalue weighted by molar-refractivity contribution is -0.136. The zero-order valence-electron chi connectivity index (χ0n) is 20.6. The third-order valence-corrected chi connectivity index (χ3v) is 7.57. The number of likely N-dealkylation sites (N-methyl/N-ethyl adjacent to an activating group) is 1. The fourth-order valence-electron chi connectivity index (χ4n) is 5.65. The van der Waals surface area contributed by atoms with E-state index in [4.69, 9.17) is 0 Å². The van der Waals surface area contributed by atoms with E-state index in [1.807, 2.05) is 35.2 Å². The number of benzene rings is 1. The highest BCUT2D eigenvalue weighted by molar-refractivity contribution is 5.79. The average Bonchev–Trinajstić information content (AvgIpc) is 2.79. The molecule has 1 aliphatic heterocycles. The number of rotatable bonds is 7. The lowest BCUT2D eigenvalue weighted by Crippen LogP contribution is -2.62. The maximum Gasteiger partial charge on any atom is 0.253 e. The number of pyridine rings is 1. The smallest absolute Gasteiger partial charge is 0.253 e. The van der Waals surface area contributed by atoms with Gasteiger partial charge in [0.2, 0.25) is 5.91 Å². The number of hydrogen-bond donors (Lipinski definition) is 1. The number of amides is 1. The summed E-state index contributed by atoms with van der Waals surface area (Å²) in [5.74, 6) is 0.456. The number of nitrogens with one attached hydrogen (secondary N) is 1. The van der Waals surface area contributed by atoms with Crippen LogP contribution in [0, 0.1) is 5.92 Å². The van der Waals surface area contributed by atoms with Crippen molar-refractivity contribution in [2.75, 3.05) is 39.8 Å². The normalized spacial score (nSPS) is 19.8. The Bertz CT molecular complexity index is 1000. The van der Waals surface area contributed by atoms with Crippen molar-refractivity contribution < 1.29 is 4.79 Å². The van der Waals surface area contributed by atoms with Gasteiger partial charge < -0.3 is 14.8 Å². The third kappa shape index (κ3) is 5.67. The fourth-order valence-corrected chi connectivity index (χ4v) is 5.65. The molecule has 0 radical (unpaired) electrons. The molecule has 2 fully saturated rings. The Morgan fingerprint density at radius 1 is 1.09 bits per heavy atom. The van der Waals surface area contributed by atoms with Gasteiger partial charge in [0, 0.05) is 55.8 Å². The summed E-state index contributed by atoms with van der Waals surface area (Å²) in [6, 6.07) is 9.82. The van der Waals surface area contributed by atoms with Gasteiger partial charge in [0.1, 0.15) is 0 Å². The lowest BCUT2D eigenvalue weighted by atomic mass is 9.79. The molecule has 0 unspecified atom stereocenters. The molecule has 1 aliphatic carbocycles. The second kappa shape index (κ2) is 10.4. The highest BCUT2D eigenvalue weighted by Crippen LogP contribution is 2.36. The second-order valence-electron chi connectivity index (χ2n) is 10.6. The van der Waals surface area contributed by atoms with E-state index >= 15 is 0 Å². The van der Waals surface area contributed by atoms with Crippen LogP contribution < -0.4 is 5.56 Å². The molecule has 0 spiro atoms. The van der Waals surface area contributed by atoms with E-state index < -0.39 is 0 Å². The molecule has 6 heteroatoms. The molecular weight excluding hydrogens is 412 g/mol. The minimum atomic E-state index is -0.0895. The van der Waals surface area contributed by atoms with Gasteiger partial charge in [-0.15, -0.1) is 0 Å².